The van der Waals surface area contributed by atoms with Gasteiger partial charge in [-0.15, -0.1) is 0 Å². The number of benzene rings is 3. The van der Waals surface area contributed by atoms with Gasteiger partial charge in [-0.3, -0.25) is 14.6 Å². The molecule has 0 saturated heterocycles. The summed E-state index contributed by atoms with van der Waals surface area (Å²) in [6.45, 7) is 0. The fraction of sp³-hybridized carbons (Fsp3) is 0. The van der Waals surface area contributed by atoms with Gasteiger partial charge in [0.25, 0.3) is 0 Å². The Kier molecular flexibility index (Phi) is 3.74. The van der Waals surface area contributed by atoms with Gasteiger partial charge in [-0.05, 0) is 52.9 Å². The first-order valence-electron chi connectivity index (χ1n) is 8.19. The Bertz CT molecular complexity index is 1250. The summed E-state index contributed by atoms with van der Waals surface area (Å²) >= 11 is 0. The van der Waals surface area contributed by atoms with E-state index >= 15 is 0 Å². The van der Waals surface area contributed by atoms with Gasteiger partial charge in [0.15, 0.2) is 0 Å². The predicted molar refractivity (Wildman–Crippen MR) is 103 cm³/mol. The lowest BCUT2D eigenvalue weighted by Crippen LogP contribution is -2.15. The van der Waals surface area contributed by atoms with E-state index < -0.39 is 11.8 Å². The van der Waals surface area contributed by atoms with Crippen molar-refractivity contribution >= 4 is 33.5 Å². The molecule has 2 amide bonds. The third-order valence-electron chi connectivity index (χ3n) is 4.55. The quantitative estimate of drug-likeness (QED) is 0.488. The largest absolute Gasteiger partial charge is 0.508 e. The number of carbonyl (C=O) groups is 2. The first kappa shape index (κ1) is 16.5. The minimum absolute atomic E-state index is 0.153. The molecular formula is C21H15N3O3. The van der Waals surface area contributed by atoms with Crippen LogP contribution in [-0.2, 0) is 0 Å². The highest BCUT2D eigenvalue weighted by Crippen LogP contribution is 2.31. The lowest BCUT2D eigenvalue weighted by Gasteiger charge is -2.11. The van der Waals surface area contributed by atoms with Crippen LogP contribution in [0.5, 0.6) is 5.75 Å². The summed E-state index contributed by atoms with van der Waals surface area (Å²) < 4.78 is 0. The van der Waals surface area contributed by atoms with Crippen LogP contribution in [0, 0.1) is 0 Å². The van der Waals surface area contributed by atoms with Crippen LogP contribution in [0.3, 0.4) is 0 Å². The van der Waals surface area contributed by atoms with Gasteiger partial charge in [0.1, 0.15) is 5.75 Å². The van der Waals surface area contributed by atoms with Crippen molar-refractivity contribution in [3.8, 4) is 16.9 Å². The maximum Gasteiger partial charge on any atom is 0.249 e. The van der Waals surface area contributed by atoms with Gasteiger partial charge in [0, 0.05) is 34.2 Å². The first-order chi connectivity index (χ1) is 12.9. The number of phenolic OH excluding ortho intramolecular Hbond substituents is 1. The molecule has 4 aromatic rings. The van der Waals surface area contributed by atoms with E-state index in [0.29, 0.717) is 22.2 Å². The van der Waals surface area contributed by atoms with Gasteiger partial charge in [-0.25, -0.2) is 0 Å². The molecule has 0 radical (unpaired) electrons. The van der Waals surface area contributed by atoms with Crippen molar-refractivity contribution in [1.29, 1.82) is 0 Å². The number of rotatable bonds is 3. The number of pyridine rings is 1. The minimum Gasteiger partial charge on any atom is -0.508 e. The molecule has 0 aliphatic rings. The lowest BCUT2D eigenvalue weighted by atomic mass is 9.94. The van der Waals surface area contributed by atoms with E-state index in [4.69, 9.17) is 11.5 Å². The Morgan fingerprint density at radius 2 is 1.63 bits per heavy atom. The second-order valence-electron chi connectivity index (χ2n) is 6.25. The molecule has 0 unspecified atom stereocenters. The number of carbonyl (C=O) groups excluding carboxylic acids is 2. The third kappa shape index (κ3) is 2.83. The van der Waals surface area contributed by atoms with Crippen LogP contribution >= 0.6 is 0 Å². The normalized spacial score (nSPS) is 11.0. The van der Waals surface area contributed by atoms with E-state index in [-0.39, 0.29) is 5.75 Å². The highest BCUT2D eigenvalue weighted by Gasteiger charge is 2.14. The van der Waals surface area contributed by atoms with Crippen molar-refractivity contribution in [2.75, 3.05) is 0 Å². The van der Waals surface area contributed by atoms with Crippen LogP contribution in [0.15, 0.2) is 60.8 Å². The molecule has 0 saturated carbocycles. The average molecular weight is 357 g/mol. The van der Waals surface area contributed by atoms with Gasteiger partial charge < -0.3 is 16.6 Å². The molecular weight excluding hydrogens is 342 g/mol. The van der Waals surface area contributed by atoms with Gasteiger partial charge in [-0.2, -0.15) is 0 Å². The van der Waals surface area contributed by atoms with Crippen molar-refractivity contribution in [3.63, 3.8) is 0 Å². The molecule has 132 valence electrons. The van der Waals surface area contributed by atoms with Crippen LogP contribution in [0.2, 0.25) is 0 Å². The van der Waals surface area contributed by atoms with Gasteiger partial charge in [0.2, 0.25) is 11.8 Å². The van der Waals surface area contributed by atoms with E-state index in [1.807, 2.05) is 24.3 Å². The number of amides is 2. The Balaban J connectivity index is 1.96. The second kappa shape index (κ2) is 6.10. The van der Waals surface area contributed by atoms with Crippen molar-refractivity contribution < 1.29 is 14.7 Å². The molecule has 3 aromatic carbocycles. The predicted octanol–water partition coefficient (Wildman–Crippen LogP) is 2.96. The maximum atomic E-state index is 11.8. The van der Waals surface area contributed by atoms with Gasteiger partial charge in [-0.1, -0.05) is 12.1 Å². The smallest absolute Gasteiger partial charge is 0.249 e. The Morgan fingerprint density at radius 1 is 0.852 bits per heavy atom. The maximum absolute atomic E-state index is 11.8. The summed E-state index contributed by atoms with van der Waals surface area (Å²) in [4.78, 5) is 27.7. The fourth-order valence-electron chi connectivity index (χ4n) is 3.23. The number of nitrogens with two attached hydrogens (primary N) is 2. The Morgan fingerprint density at radius 3 is 2.37 bits per heavy atom. The molecule has 27 heavy (non-hydrogen) atoms. The zero-order chi connectivity index (χ0) is 19.1. The van der Waals surface area contributed by atoms with E-state index in [1.165, 1.54) is 12.1 Å². The standard InChI is InChI=1S/C21H15N3O3/c22-20(26)12-2-5-17(21(23)27)18(8-12)11-1-4-15-13(7-11)10-24-19-9-14(25)3-6-16(15)19/h1-10,25H,(H2,22,26)(H2,23,27). The highest BCUT2D eigenvalue weighted by atomic mass is 16.3. The summed E-state index contributed by atoms with van der Waals surface area (Å²) in [5, 5.41) is 12.3. The molecule has 0 aliphatic heterocycles. The number of nitrogens with zero attached hydrogens (tertiary/aromatic N) is 1. The lowest BCUT2D eigenvalue weighted by molar-refractivity contribution is 0.0989. The Hall–Kier alpha value is -3.93. The zero-order valence-electron chi connectivity index (χ0n) is 14.1. The number of aromatic nitrogens is 1. The second-order valence-corrected chi connectivity index (χ2v) is 6.25. The van der Waals surface area contributed by atoms with E-state index in [9.17, 15) is 14.7 Å². The molecule has 0 fully saturated rings. The van der Waals surface area contributed by atoms with Gasteiger partial charge in [0.05, 0.1) is 5.52 Å². The zero-order valence-corrected chi connectivity index (χ0v) is 14.1. The summed E-state index contributed by atoms with van der Waals surface area (Å²) in [7, 11) is 0. The number of primary amides is 2. The number of aromatic hydroxyl groups is 1. The van der Waals surface area contributed by atoms with Crippen LogP contribution in [-0.4, -0.2) is 21.9 Å². The number of phenols is 1. The molecule has 0 aliphatic carbocycles. The topological polar surface area (TPSA) is 119 Å². The number of hydrogen-bond acceptors (Lipinski definition) is 4. The summed E-state index contributed by atoms with van der Waals surface area (Å²) in [6.07, 6.45) is 1.70. The van der Waals surface area contributed by atoms with E-state index in [2.05, 4.69) is 4.98 Å². The van der Waals surface area contributed by atoms with Crippen LogP contribution in [0.1, 0.15) is 20.7 Å². The van der Waals surface area contributed by atoms with Crippen molar-refractivity contribution in [2.24, 2.45) is 11.5 Å². The molecule has 1 heterocycles. The monoisotopic (exact) mass is 357 g/mol. The third-order valence-corrected chi connectivity index (χ3v) is 4.55. The number of hydrogen-bond donors (Lipinski definition) is 3. The first-order valence-corrected chi connectivity index (χ1v) is 8.19. The van der Waals surface area contributed by atoms with Crippen molar-refractivity contribution in [2.45, 2.75) is 0 Å². The molecule has 0 spiro atoms. The minimum atomic E-state index is -0.590. The molecule has 5 N–H and O–H groups in total. The van der Waals surface area contributed by atoms with Crippen LogP contribution < -0.4 is 11.5 Å². The Labute approximate surface area is 154 Å². The SMILES string of the molecule is NC(=O)c1ccc(C(N)=O)c(-c2ccc3c(cnc4cc(O)ccc43)c2)c1. The molecule has 1 aromatic heterocycles. The van der Waals surface area contributed by atoms with E-state index in [0.717, 1.165) is 21.7 Å². The molecule has 4 rings (SSSR count). The van der Waals surface area contributed by atoms with Gasteiger partial charge >= 0.3 is 0 Å². The molecule has 6 nitrogen and oxygen atoms in total. The fourth-order valence-corrected chi connectivity index (χ4v) is 3.23. The van der Waals surface area contributed by atoms with Crippen LogP contribution in [0.25, 0.3) is 32.8 Å². The summed E-state index contributed by atoms with van der Waals surface area (Å²) in [5.41, 5.74) is 13.4. The molecule has 0 atom stereocenters. The molecule has 6 heteroatoms. The van der Waals surface area contributed by atoms with Crippen LogP contribution in [0.4, 0.5) is 0 Å². The van der Waals surface area contributed by atoms with Crippen molar-refractivity contribution in [1.82, 2.24) is 4.98 Å². The van der Waals surface area contributed by atoms with Crippen molar-refractivity contribution in [3.05, 3.63) is 71.9 Å². The number of fused-ring (bicyclic) bond motifs is 3. The summed E-state index contributed by atoms with van der Waals surface area (Å²) in [5.74, 6) is -1.02. The highest BCUT2D eigenvalue weighted by molar-refractivity contribution is 6.08. The summed E-state index contributed by atoms with van der Waals surface area (Å²) in [6, 6.07) is 15.2. The van der Waals surface area contributed by atoms with E-state index in [1.54, 1.807) is 24.4 Å². The molecule has 0 bridgehead atoms. The average Bonchev–Trinajstić information content (AvgIpc) is 2.66.